The highest BCUT2D eigenvalue weighted by Crippen LogP contribution is 2.36. The summed E-state index contributed by atoms with van der Waals surface area (Å²) in [7, 11) is -0.361. The van der Waals surface area contributed by atoms with Crippen LogP contribution in [0.15, 0.2) is 48.8 Å². The summed E-state index contributed by atoms with van der Waals surface area (Å²) in [5.74, 6) is 0. The molecular weight excluding hydrogens is 335 g/mol. The number of benzene rings is 1. The molecular formula is C22H29BN2O2. The van der Waals surface area contributed by atoms with Crippen LogP contribution in [0.25, 0.3) is 16.9 Å². The Morgan fingerprint density at radius 2 is 1.44 bits per heavy atom. The molecule has 1 aliphatic heterocycles. The predicted octanol–water partition coefficient (Wildman–Crippen LogP) is 4.64. The third-order valence-electron chi connectivity index (χ3n) is 5.35. The van der Waals surface area contributed by atoms with Crippen molar-refractivity contribution in [3.05, 3.63) is 54.4 Å². The first-order valence-electron chi connectivity index (χ1n) is 9.66. The standard InChI is InChI=1S/C20H23BN2O2.C2H6/c1-14-6-8-15(9-7-14)17-13-23-12-16(10-11-18(23)22-17)21-24-19(2,3)20(4,5)25-21;1-2/h6-13H,1-5H3;1-2H3. The van der Waals surface area contributed by atoms with Crippen LogP contribution >= 0.6 is 0 Å². The van der Waals surface area contributed by atoms with Crippen LogP contribution in [0.1, 0.15) is 47.1 Å². The summed E-state index contributed by atoms with van der Waals surface area (Å²) in [6.07, 6.45) is 4.09. The van der Waals surface area contributed by atoms with Crippen LogP contribution in [0, 0.1) is 6.92 Å². The quantitative estimate of drug-likeness (QED) is 0.622. The van der Waals surface area contributed by atoms with Crippen molar-refractivity contribution in [3.8, 4) is 11.3 Å². The molecule has 1 aliphatic rings. The number of imidazole rings is 1. The number of rotatable bonds is 2. The molecule has 0 N–H and O–H groups in total. The Kier molecular flexibility index (Phi) is 5.19. The van der Waals surface area contributed by atoms with Gasteiger partial charge in [0.1, 0.15) is 5.65 Å². The smallest absolute Gasteiger partial charge is 0.399 e. The maximum atomic E-state index is 6.15. The highest BCUT2D eigenvalue weighted by atomic mass is 16.7. The summed E-state index contributed by atoms with van der Waals surface area (Å²) in [6.45, 7) is 14.4. The highest BCUT2D eigenvalue weighted by Gasteiger charge is 2.51. The van der Waals surface area contributed by atoms with Crippen molar-refractivity contribution >= 4 is 18.2 Å². The van der Waals surface area contributed by atoms with Crippen molar-refractivity contribution in [1.82, 2.24) is 9.38 Å². The van der Waals surface area contributed by atoms with Crippen molar-refractivity contribution in [3.63, 3.8) is 0 Å². The van der Waals surface area contributed by atoms with E-state index in [0.717, 1.165) is 22.4 Å². The molecule has 1 aromatic carbocycles. The molecule has 1 fully saturated rings. The van der Waals surface area contributed by atoms with E-state index in [0.29, 0.717) is 0 Å². The van der Waals surface area contributed by atoms with Gasteiger partial charge in [0.2, 0.25) is 0 Å². The van der Waals surface area contributed by atoms with E-state index in [4.69, 9.17) is 14.3 Å². The van der Waals surface area contributed by atoms with E-state index in [1.54, 1.807) is 0 Å². The van der Waals surface area contributed by atoms with Gasteiger partial charge in [0, 0.05) is 18.0 Å². The minimum absolute atomic E-state index is 0.339. The predicted molar refractivity (Wildman–Crippen MR) is 112 cm³/mol. The van der Waals surface area contributed by atoms with E-state index in [2.05, 4.69) is 65.1 Å². The fourth-order valence-corrected chi connectivity index (χ4v) is 2.99. The van der Waals surface area contributed by atoms with Crippen LogP contribution in [0.5, 0.6) is 0 Å². The molecule has 0 spiro atoms. The van der Waals surface area contributed by atoms with Crippen LogP contribution in [-0.4, -0.2) is 27.7 Å². The molecule has 4 rings (SSSR count). The molecule has 0 amide bonds. The van der Waals surface area contributed by atoms with Gasteiger partial charge in [-0.2, -0.15) is 0 Å². The molecule has 0 atom stereocenters. The summed E-state index contributed by atoms with van der Waals surface area (Å²) >= 11 is 0. The zero-order valence-electron chi connectivity index (χ0n) is 17.4. The van der Waals surface area contributed by atoms with Crippen molar-refractivity contribution in [2.45, 2.75) is 59.7 Å². The lowest BCUT2D eigenvalue weighted by Gasteiger charge is -2.32. The maximum Gasteiger partial charge on any atom is 0.496 e. The third kappa shape index (κ3) is 3.67. The molecule has 1 saturated heterocycles. The number of nitrogens with zero attached hydrogens (tertiary/aromatic N) is 2. The zero-order valence-corrected chi connectivity index (χ0v) is 17.4. The Morgan fingerprint density at radius 3 is 2.04 bits per heavy atom. The SMILES string of the molecule is CC.Cc1ccc(-c2cn3cc(B4OC(C)(C)C(C)(C)O4)ccc3n2)cc1. The Hall–Kier alpha value is -2.11. The molecule has 2 aromatic heterocycles. The lowest BCUT2D eigenvalue weighted by molar-refractivity contribution is 0.00578. The number of aryl methyl sites for hydroxylation is 1. The fraction of sp³-hybridized carbons (Fsp3) is 0.409. The molecule has 4 nitrogen and oxygen atoms in total. The molecule has 3 aromatic rings. The second-order valence-corrected chi connectivity index (χ2v) is 7.81. The Labute approximate surface area is 162 Å². The van der Waals surface area contributed by atoms with Crippen LogP contribution in [-0.2, 0) is 9.31 Å². The fourth-order valence-electron chi connectivity index (χ4n) is 2.99. The van der Waals surface area contributed by atoms with Gasteiger partial charge in [0.15, 0.2) is 0 Å². The summed E-state index contributed by atoms with van der Waals surface area (Å²) in [5, 5.41) is 0. The van der Waals surface area contributed by atoms with Crippen LogP contribution in [0.2, 0.25) is 0 Å². The molecule has 5 heteroatoms. The number of hydrogen-bond donors (Lipinski definition) is 0. The Bertz CT molecular complexity index is 913. The van der Waals surface area contributed by atoms with Gasteiger partial charge in [0.05, 0.1) is 16.9 Å². The normalized spacial score (nSPS) is 17.7. The van der Waals surface area contributed by atoms with Gasteiger partial charge in [-0.25, -0.2) is 4.98 Å². The molecule has 0 bridgehead atoms. The van der Waals surface area contributed by atoms with Gasteiger partial charge in [-0.05, 0) is 46.1 Å². The lowest BCUT2D eigenvalue weighted by Crippen LogP contribution is -2.41. The first-order valence-corrected chi connectivity index (χ1v) is 9.66. The van der Waals surface area contributed by atoms with E-state index >= 15 is 0 Å². The van der Waals surface area contributed by atoms with Crippen LogP contribution < -0.4 is 5.46 Å². The monoisotopic (exact) mass is 364 g/mol. The van der Waals surface area contributed by atoms with Crippen molar-refractivity contribution in [2.24, 2.45) is 0 Å². The number of hydrogen-bond acceptors (Lipinski definition) is 3. The molecule has 27 heavy (non-hydrogen) atoms. The second-order valence-electron chi connectivity index (χ2n) is 7.81. The van der Waals surface area contributed by atoms with Gasteiger partial charge in [-0.1, -0.05) is 49.7 Å². The number of pyridine rings is 1. The van der Waals surface area contributed by atoms with Crippen molar-refractivity contribution < 1.29 is 9.31 Å². The van der Waals surface area contributed by atoms with Gasteiger partial charge in [0.25, 0.3) is 0 Å². The summed E-state index contributed by atoms with van der Waals surface area (Å²) in [5.41, 5.74) is 4.56. The van der Waals surface area contributed by atoms with Crippen molar-refractivity contribution in [1.29, 1.82) is 0 Å². The average molecular weight is 364 g/mol. The van der Waals surface area contributed by atoms with Gasteiger partial charge in [-0.3, -0.25) is 0 Å². The van der Waals surface area contributed by atoms with E-state index in [9.17, 15) is 0 Å². The van der Waals surface area contributed by atoms with E-state index < -0.39 is 0 Å². The Balaban J connectivity index is 0.00000102. The molecule has 0 saturated carbocycles. The number of fused-ring (bicyclic) bond motifs is 1. The van der Waals surface area contributed by atoms with Gasteiger partial charge < -0.3 is 13.7 Å². The third-order valence-corrected chi connectivity index (χ3v) is 5.35. The van der Waals surface area contributed by atoms with Crippen molar-refractivity contribution in [2.75, 3.05) is 0 Å². The van der Waals surface area contributed by atoms with Gasteiger partial charge >= 0.3 is 7.12 Å². The van der Waals surface area contributed by atoms with Crippen LogP contribution in [0.4, 0.5) is 0 Å². The second kappa shape index (κ2) is 7.14. The molecule has 3 heterocycles. The summed E-state index contributed by atoms with van der Waals surface area (Å²) < 4.78 is 14.3. The molecule has 0 aliphatic carbocycles. The van der Waals surface area contributed by atoms with Gasteiger partial charge in [-0.15, -0.1) is 0 Å². The molecule has 0 radical (unpaired) electrons. The minimum atomic E-state index is -0.361. The van der Waals surface area contributed by atoms with Crippen LogP contribution in [0.3, 0.4) is 0 Å². The molecule has 142 valence electrons. The average Bonchev–Trinajstić information content (AvgIpc) is 3.14. The topological polar surface area (TPSA) is 35.8 Å². The lowest BCUT2D eigenvalue weighted by atomic mass is 9.80. The summed E-state index contributed by atoms with van der Waals surface area (Å²) in [6, 6.07) is 12.5. The number of aromatic nitrogens is 2. The zero-order chi connectivity index (χ0) is 19.8. The van der Waals surface area contributed by atoms with E-state index in [1.165, 1.54) is 5.56 Å². The minimum Gasteiger partial charge on any atom is -0.399 e. The molecule has 0 unspecified atom stereocenters. The van der Waals surface area contributed by atoms with E-state index in [1.807, 2.05) is 36.6 Å². The largest absolute Gasteiger partial charge is 0.496 e. The Morgan fingerprint density at radius 1 is 0.852 bits per heavy atom. The van der Waals surface area contributed by atoms with E-state index in [-0.39, 0.29) is 18.3 Å². The first kappa shape index (κ1) is 19.7. The highest BCUT2D eigenvalue weighted by molar-refractivity contribution is 6.62. The first-order chi connectivity index (χ1) is 12.7. The maximum absolute atomic E-state index is 6.15. The summed E-state index contributed by atoms with van der Waals surface area (Å²) in [4.78, 5) is 4.72.